The number of rotatable bonds is 5. The number of hydrogen-bond donors (Lipinski definition) is 1. The minimum atomic E-state index is -0.494. The molecule has 1 aliphatic heterocycles. The van der Waals surface area contributed by atoms with Gasteiger partial charge in [-0.3, -0.25) is 4.79 Å². The van der Waals surface area contributed by atoms with Gasteiger partial charge in [0.05, 0.1) is 12.7 Å². The molecule has 0 radical (unpaired) electrons. The Labute approximate surface area is 113 Å². The van der Waals surface area contributed by atoms with Gasteiger partial charge in [-0.05, 0) is 31.5 Å². The summed E-state index contributed by atoms with van der Waals surface area (Å²) in [4.78, 5) is 12.7. The van der Waals surface area contributed by atoms with Gasteiger partial charge >= 0.3 is 0 Å². The zero-order valence-corrected chi connectivity index (χ0v) is 11.5. The monoisotopic (exact) mass is 265 g/mol. The van der Waals surface area contributed by atoms with E-state index in [0.29, 0.717) is 12.3 Å². The molecular formula is C15H20FNO2. The quantitative estimate of drug-likeness (QED) is 0.832. The molecule has 104 valence electrons. The molecule has 0 aromatic heterocycles. The lowest BCUT2D eigenvalue weighted by Gasteiger charge is -2.26. The number of carbonyl (C=O) groups is 1. The maximum Gasteiger partial charge on any atom is 0.173 e. The van der Waals surface area contributed by atoms with Gasteiger partial charge in [-0.2, -0.15) is 0 Å². The van der Waals surface area contributed by atoms with Crippen molar-refractivity contribution in [2.45, 2.75) is 26.2 Å². The van der Waals surface area contributed by atoms with Crippen LogP contribution in [0.15, 0.2) is 18.2 Å². The van der Waals surface area contributed by atoms with E-state index in [-0.39, 0.29) is 11.3 Å². The van der Waals surface area contributed by atoms with Crippen molar-refractivity contribution in [1.82, 2.24) is 5.32 Å². The second-order valence-corrected chi connectivity index (χ2v) is 5.13. The number of methoxy groups -OCH3 is 1. The van der Waals surface area contributed by atoms with Crippen LogP contribution in [0.5, 0.6) is 5.75 Å². The van der Waals surface area contributed by atoms with E-state index in [4.69, 9.17) is 4.74 Å². The summed E-state index contributed by atoms with van der Waals surface area (Å²) in [6, 6.07) is 4.44. The lowest BCUT2D eigenvalue weighted by atomic mass is 9.76. The highest BCUT2D eigenvalue weighted by atomic mass is 19.1. The van der Waals surface area contributed by atoms with E-state index in [1.807, 2.05) is 0 Å². The first kappa shape index (κ1) is 14.0. The molecule has 3 nitrogen and oxygen atoms in total. The molecule has 1 aromatic rings. The lowest BCUT2D eigenvalue weighted by molar-refractivity contribution is 0.0797. The molecule has 0 spiro atoms. The standard InChI is InChI=1S/C15H20FNO2/c1-3-6-15(7-8-17-10-15)14(18)12-5-4-11(19-2)9-13(12)16/h4-5,9,17H,3,6-8,10H2,1-2H3. The summed E-state index contributed by atoms with van der Waals surface area (Å²) >= 11 is 0. The van der Waals surface area contributed by atoms with Crippen molar-refractivity contribution in [3.05, 3.63) is 29.6 Å². The molecule has 4 heteroatoms. The Morgan fingerprint density at radius 1 is 1.53 bits per heavy atom. The molecule has 1 heterocycles. The highest BCUT2D eigenvalue weighted by Gasteiger charge is 2.41. The molecule has 0 bridgehead atoms. The normalized spacial score (nSPS) is 22.5. The third-order valence-corrected chi connectivity index (χ3v) is 3.87. The fourth-order valence-corrected chi connectivity index (χ4v) is 2.84. The lowest BCUT2D eigenvalue weighted by Crippen LogP contribution is -2.34. The summed E-state index contributed by atoms with van der Waals surface area (Å²) in [5.74, 6) is -0.144. The first-order valence-electron chi connectivity index (χ1n) is 6.72. The fraction of sp³-hybridized carbons (Fsp3) is 0.533. The first-order chi connectivity index (χ1) is 9.13. The number of Topliss-reactive ketones (excluding diaryl/α,β-unsaturated/α-hetero) is 1. The zero-order valence-electron chi connectivity index (χ0n) is 11.5. The van der Waals surface area contributed by atoms with E-state index < -0.39 is 11.2 Å². The van der Waals surface area contributed by atoms with Crippen LogP contribution < -0.4 is 10.1 Å². The van der Waals surface area contributed by atoms with E-state index in [1.54, 1.807) is 6.07 Å². The molecule has 1 unspecified atom stereocenters. The topological polar surface area (TPSA) is 38.3 Å². The molecule has 0 amide bonds. The minimum Gasteiger partial charge on any atom is -0.497 e. The maximum absolute atomic E-state index is 14.0. The number of benzene rings is 1. The molecule has 1 fully saturated rings. The average Bonchev–Trinajstić information content (AvgIpc) is 2.88. The second-order valence-electron chi connectivity index (χ2n) is 5.13. The van der Waals surface area contributed by atoms with Crippen LogP contribution in [0.25, 0.3) is 0 Å². The van der Waals surface area contributed by atoms with Crippen LogP contribution in [0.4, 0.5) is 4.39 Å². The van der Waals surface area contributed by atoms with E-state index in [9.17, 15) is 9.18 Å². The summed E-state index contributed by atoms with van der Waals surface area (Å²) in [7, 11) is 1.48. The number of ketones is 1. The molecule has 19 heavy (non-hydrogen) atoms. The summed E-state index contributed by atoms with van der Waals surface area (Å²) < 4.78 is 19.0. The van der Waals surface area contributed by atoms with Crippen molar-refractivity contribution in [1.29, 1.82) is 0 Å². The Hall–Kier alpha value is -1.42. The van der Waals surface area contributed by atoms with Gasteiger partial charge in [-0.15, -0.1) is 0 Å². The van der Waals surface area contributed by atoms with E-state index >= 15 is 0 Å². The maximum atomic E-state index is 14.0. The summed E-state index contributed by atoms with van der Waals surface area (Å²) in [6.45, 7) is 3.52. The number of ether oxygens (including phenoxy) is 1. The van der Waals surface area contributed by atoms with Gasteiger partial charge in [0, 0.05) is 18.0 Å². The molecule has 1 N–H and O–H groups in total. The highest BCUT2D eigenvalue weighted by Crippen LogP contribution is 2.36. The molecule has 1 aromatic carbocycles. The Morgan fingerprint density at radius 2 is 2.32 bits per heavy atom. The van der Waals surface area contributed by atoms with Crippen molar-refractivity contribution in [2.75, 3.05) is 20.2 Å². The number of carbonyl (C=O) groups excluding carboxylic acids is 1. The van der Waals surface area contributed by atoms with Crippen LogP contribution in [-0.2, 0) is 0 Å². The number of hydrogen-bond acceptors (Lipinski definition) is 3. The summed E-state index contributed by atoms with van der Waals surface area (Å²) in [5.41, 5.74) is -0.262. The third kappa shape index (κ3) is 2.63. The van der Waals surface area contributed by atoms with Gasteiger partial charge in [-0.25, -0.2) is 4.39 Å². The Bertz CT molecular complexity index is 467. The second kappa shape index (κ2) is 5.70. The van der Waals surface area contributed by atoms with E-state index in [2.05, 4.69) is 12.2 Å². The highest BCUT2D eigenvalue weighted by molar-refractivity contribution is 6.01. The molecule has 1 aliphatic rings. The van der Waals surface area contributed by atoms with Gasteiger partial charge < -0.3 is 10.1 Å². The van der Waals surface area contributed by atoms with Crippen molar-refractivity contribution in [3.63, 3.8) is 0 Å². The zero-order chi connectivity index (χ0) is 13.9. The van der Waals surface area contributed by atoms with Crippen LogP contribution in [0, 0.1) is 11.2 Å². The van der Waals surface area contributed by atoms with E-state index in [1.165, 1.54) is 19.2 Å². The molecule has 1 saturated heterocycles. The van der Waals surface area contributed by atoms with Crippen molar-refractivity contribution >= 4 is 5.78 Å². The molecule has 2 rings (SSSR count). The Balaban J connectivity index is 2.32. The first-order valence-corrected chi connectivity index (χ1v) is 6.72. The predicted octanol–water partition coefficient (Wildman–Crippen LogP) is 2.80. The summed E-state index contributed by atoms with van der Waals surface area (Å²) in [6.07, 6.45) is 2.50. The minimum absolute atomic E-state index is 0.0838. The van der Waals surface area contributed by atoms with Crippen molar-refractivity contribution in [2.24, 2.45) is 5.41 Å². The molecule has 0 aliphatic carbocycles. The van der Waals surface area contributed by atoms with Gasteiger partial charge in [0.25, 0.3) is 0 Å². The largest absolute Gasteiger partial charge is 0.497 e. The van der Waals surface area contributed by atoms with Crippen molar-refractivity contribution < 1.29 is 13.9 Å². The Kier molecular flexibility index (Phi) is 4.20. The van der Waals surface area contributed by atoms with Crippen LogP contribution in [0.1, 0.15) is 36.5 Å². The van der Waals surface area contributed by atoms with Crippen LogP contribution in [-0.4, -0.2) is 26.0 Å². The molecule has 1 atom stereocenters. The predicted molar refractivity (Wildman–Crippen MR) is 72.1 cm³/mol. The fourth-order valence-electron chi connectivity index (χ4n) is 2.84. The summed E-state index contributed by atoms with van der Waals surface area (Å²) in [5, 5.41) is 3.22. The van der Waals surface area contributed by atoms with Gasteiger partial charge in [-0.1, -0.05) is 13.3 Å². The average molecular weight is 265 g/mol. The van der Waals surface area contributed by atoms with E-state index in [0.717, 1.165) is 25.8 Å². The number of halogens is 1. The third-order valence-electron chi connectivity index (χ3n) is 3.87. The van der Waals surface area contributed by atoms with Gasteiger partial charge in [0.15, 0.2) is 5.78 Å². The smallest absolute Gasteiger partial charge is 0.173 e. The Morgan fingerprint density at radius 3 is 2.84 bits per heavy atom. The molecule has 0 saturated carbocycles. The van der Waals surface area contributed by atoms with Gasteiger partial charge in [0.2, 0.25) is 0 Å². The van der Waals surface area contributed by atoms with Gasteiger partial charge in [0.1, 0.15) is 11.6 Å². The molecular weight excluding hydrogens is 245 g/mol. The van der Waals surface area contributed by atoms with Crippen LogP contribution in [0.2, 0.25) is 0 Å². The van der Waals surface area contributed by atoms with Crippen LogP contribution in [0.3, 0.4) is 0 Å². The van der Waals surface area contributed by atoms with Crippen LogP contribution >= 0.6 is 0 Å². The van der Waals surface area contributed by atoms with Crippen molar-refractivity contribution in [3.8, 4) is 5.75 Å². The SMILES string of the molecule is CCCC1(C(=O)c2ccc(OC)cc2F)CCNC1. The number of nitrogens with one attached hydrogen (secondary N) is 1.